The van der Waals surface area contributed by atoms with Crippen molar-refractivity contribution in [3.63, 3.8) is 0 Å². The Morgan fingerprint density at radius 3 is 2.56 bits per heavy atom. The minimum Gasteiger partial charge on any atom is -0.325 e. The van der Waals surface area contributed by atoms with Gasteiger partial charge in [-0.15, -0.1) is 0 Å². The first-order valence-corrected chi connectivity index (χ1v) is 10.5. The van der Waals surface area contributed by atoms with E-state index < -0.39 is 10.0 Å². The molecule has 7 heteroatoms. The van der Waals surface area contributed by atoms with Crippen LogP contribution in [0.5, 0.6) is 0 Å². The SMILES string of the molecule is C[C@@H]1C(=O)Nc2ccc(S(=O)(=O)N3CCN(C)C[C@@H]3c3ccccc3)cc21. The number of piperazine rings is 1. The predicted octanol–water partition coefficient (Wildman–Crippen LogP) is 2.42. The van der Waals surface area contributed by atoms with Gasteiger partial charge in [0, 0.05) is 25.3 Å². The zero-order chi connectivity index (χ0) is 19.2. The molecule has 0 aliphatic carbocycles. The quantitative estimate of drug-likeness (QED) is 0.881. The van der Waals surface area contributed by atoms with E-state index in [2.05, 4.69) is 10.2 Å². The topological polar surface area (TPSA) is 69.7 Å². The van der Waals surface area contributed by atoms with Crippen molar-refractivity contribution in [3.05, 3.63) is 59.7 Å². The Kier molecular flexibility index (Phi) is 4.53. The van der Waals surface area contributed by atoms with Crippen molar-refractivity contribution in [2.75, 3.05) is 32.0 Å². The van der Waals surface area contributed by atoms with E-state index in [1.807, 2.05) is 37.4 Å². The molecule has 2 aromatic rings. The zero-order valence-electron chi connectivity index (χ0n) is 15.4. The van der Waals surface area contributed by atoms with Gasteiger partial charge in [0.25, 0.3) is 0 Å². The minimum atomic E-state index is -3.68. The van der Waals surface area contributed by atoms with Crippen molar-refractivity contribution >= 4 is 21.6 Å². The highest BCUT2D eigenvalue weighted by atomic mass is 32.2. The highest BCUT2D eigenvalue weighted by Gasteiger charge is 2.37. The number of carbonyl (C=O) groups is 1. The Bertz CT molecular complexity index is 975. The van der Waals surface area contributed by atoms with Crippen LogP contribution in [0.25, 0.3) is 0 Å². The van der Waals surface area contributed by atoms with Crippen molar-refractivity contribution in [1.29, 1.82) is 0 Å². The maximum atomic E-state index is 13.5. The summed E-state index contributed by atoms with van der Waals surface area (Å²) in [6.45, 7) is 3.55. The number of sulfonamides is 1. The fourth-order valence-corrected chi connectivity index (χ4v) is 5.46. The average molecular weight is 385 g/mol. The van der Waals surface area contributed by atoms with Gasteiger partial charge in [0.1, 0.15) is 0 Å². The van der Waals surface area contributed by atoms with Crippen LogP contribution in [-0.2, 0) is 14.8 Å². The number of hydrogen-bond acceptors (Lipinski definition) is 4. The summed E-state index contributed by atoms with van der Waals surface area (Å²) in [7, 11) is -1.67. The van der Waals surface area contributed by atoms with Gasteiger partial charge in [0.05, 0.1) is 16.9 Å². The molecule has 2 aliphatic heterocycles. The largest absolute Gasteiger partial charge is 0.325 e. The maximum absolute atomic E-state index is 13.5. The summed E-state index contributed by atoms with van der Waals surface area (Å²) in [6.07, 6.45) is 0. The van der Waals surface area contributed by atoms with Crippen LogP contribution in [0.2, 0.25) is 0 Å². The van der Waals surface area contributed by atoms with Gasteiger partial charge in [-0.2, -0.15) is 4.31 Å². The van der Waals surface area contributed by atoms with Gasteiger partial charge >= 0.3 is 0 Å². The molecule has 1 fully saturated rings. The fraction of sp³-hybridized carbons (Fsp3) is 0.350. The Balaban J connectivity index is 1.73. The first kappa shape index (κ1) is 18.2. The van der Waals surface area contributed by atoms with Crippen LogP contribution in [0.4, 0.5) is 5.69 Å². The summed E-state index contributed by atoms with van der Waals surface area (Å²) in [4.78, 5) is 14.3. The van der Waals surface area contributed by atoms with Crippen LogP contribution < -0.4 is 5.32 Å². The number of fused-ring (bicyclic) bond motifs is 1. The fourth-order valence-electron chi connectivity index (χ4n) is 3.83. The van der Waals surface area contributed by atoms with Crippen LogP contribution in [-0.4, -0.2) is 50.2 Å². The maximum Gasteiger partial charge on any atom is 0.243 e. The van der Waals surface area contributed by atoms with Gasteiger partial charge in [0.15, 0.2) is 0 Å². The molecule has 0 aromatic heterocycles. The third-order valence-corrected chi connectivity index (χ3v) is 7.37. The summed E-state index contributed by atoms with van der Waals surface area (Å²) in [6, 6.07) is 14.4. The average Bonchev–Trinajstić information content (AvgIpc) is 2.96. The molecule has 27 heavy (non-hydrogen) atoms. The second-order valence-corrected chi connectivity index (χ2v) is 9.16. The summed E-state index contributed by atoms with van der Waals surface area (Å²) < 4.78 is 28.5. The second kappa shape index (κ2) is 6.74. The predicted molar refractivity (Wildman–Crippen MR) is 104 cm³/mol. The van der Waals surface area contributed by atoms with Crippen molar-refractivity contribution < 1.29 is 13.2 Å². The number of amides is 1. The molecule has 0 spiro atoms. The monoisotopic (exact) mass is 385 g/mol. The van der Waals surface area contributed by atoms with Crippen LogP contribution >= 0.6 is 0 Å². The number of nitrogens with zero attached hydrogens (tertiary/aromatic N) is 2. The van der Waals surface area contributed by atoms with E-state index >= 15 is 0 Å². The Hall–Kier alpha value is -2.22. The van der Waals surface area contributed by atoms with Crippen LogP contribution in [0.15, 0.2) is 53.4 Å². The molecule has 2 atom stereocenters. The van der Waals surface area contributed by atoms with E-state index in [-0.39, 0.29) is 22.8 Å². The molecule has 4 rings (SSSR count). The highest BCUT2D eigenvalue weighted by Crippen LogP contribution is 2.36. The summed E-state index contributed by atoms with van der Waals surface area (Å²) >= 11 is 0. The smallest absolute Gasteiger partial charge is 0.243 e. The third kappa shape index (κ3) is 3.16. The Labute approximate surface area is 159 Å². The van der Waals surface area contributed by atoms with Crippen molar-refractivity contribution in [1.82, 2.24) is 9.21 Å². The molecular weight excluding hydrogens is 362 g/mol. The lowest BCUT2D eigenvalue weighted by Crippen LogP contribution is -2.49. The molecule has 2 aromatic carbocycles. The molecular formula is C20H23N3O3S. The number of likely N-dealkylation sites (N-methyl/N-ethyl adjacent to an activating group) is 1. The van der Waals surface area contributed by atoms with Crippen molar-refractivity contribution in [2.45, 2.75) is 23.8 Å². The molecule has 0 saturated carbocycles. The van der Waals surface area contributed by atoms with E-state index in [1.165, 1.54) is 0 Å². The van der Waals surface area contributed by atoms with E-state index in [9.17, 15) is 13.2 Å². The van der Waals surface area contributed by atoms with Crippen molar-refractivity contribution in [3.8, 4) is 0 Å². The van der Waals surface area contributed by atoms with Crippen LogP contribution in [0.1, 0.15) is 30.0 Å². The number of benzene rings is 2. The zero-order valence-corrected chi connectivity index (χ0v) is 16.2. The van der Waals surface area contributed by atoms with Gasteiger partial charge in [-0.1, -0.05) is 30.3 Å². The van der Waals surface area contributed by atoms with Crippen LogP contribution in [0.3, 0.4) is 0 Å². The van der Waals surface area contributed by atoms with Crippen LogP contribution in [0, 0.1) is 0 Å². The van der Waals surface area contributed by atoms with Gasteiger partial charge in [-0.3, -0.25) is 4.79 Å². The molecule has 1 amide bonds. The number of nitrogens with one attached hydrogen (secondary N) is 1. The summed E-state index contributed by atoms with van der Waals surface area (Å²) in [5, 5.41) is 2.79. The number of anilines is 1. The van der Waals surface area contributed by atoms with Gasteiger partial charge < -0.3 is 10.2 Å². The molecule has 2 aliphatic rings. The van der Waals surface area contributed by atoms with E-state index in [4.69, 9.17) is 0 Å². The van der Waals surface area contributed by atoms with E-state index in [0.29, 0.717) is 25.3 Å². The normalized spacial score (nSPS) is 23.9. The Morgan fingerprint density at radius 2 is 1.81 bits per heavy atom. The minimum absolute atomic E-state index is 0.0960. The van der Waals surface area contributed by atoms with Gasteiger partial charge in [-0.05, 0) is 43.3 Å². The molecule has 0 bridgehead atoms. The lowest BCUT2D eigenvalue weighted by molar-refractivity contribution is -0.116. The first-order valence-electron chi connectivity index (χ1n) is 9.08. The summed E-state index contributed by atoms with van der Waals surface area (Å²) in [5.41, 5.74) is 2.43. The van der Waals surface area contributed by atoms with Gasteiger partial charge in [-0.25, -0.2) is 8.42 Å². The standard InChI is InChI=1S/C20H23N3O3S/c1-14-17-12-16(8-9-18(17)21-20(14)24)27(25,26)23-11-10-22(2)13-19(23)15-6-4-3-5-7-15/h3-9,12,14,19H,10-11,13H2,1-2H3,(H,21,24)/t14-,19+/m0/s1. The van der Waals surface area contributed by atoms with E-state index in [0.717, 1.165) is 11.1 Å². The molecule has 142 valence electrons. The summed E-state index contributed by atoms with van der Waals surface area (Å²) in [5.74, 6) is -0.436. The lowest BCUT2D eigenvalue weighted by atomic mass is 10.0. The molecule has 6 nitrogen and oxygen atoms in total. The highest BCUT2D eigenvalue weighted by molar-refractivity contribution is 7.89. The van der Waals surface area contributed by atoms with Gasteiger partial charge in [0.2, 0.25) is 15.9 Å². The molecule has 0 unspecified atom stereocenters. The third-order valence-electron chi connectivity index (χ3n) is 5.47. The molecule has 0 radical (unpaired) electrons. The van der Waals surface area contributed by atoms with Crippen molar-refractivity contribution in [2.24, 2.45) is 0 Å². The molecule has 1 saturated heterocycles. The Morgan fingerprint density at radius 1 is 1.07 bits per heavy atom. The number of carbonyl (C=O) groups excluding carboxylic acids is 1. The van der Waals surface area contributed by atoms with E-state index in [1.54, 1.807) is 29.4 Å². The molecule has 2 heterocycles. The second-order valence-electron chi connectivity index (χ2n) is 7.26. The number of rotatable bonds is 3. The molecule has 1 N–H and O–H groups in total. The number of hydrogen-bond donors (Lipinski definition) is 1. The first-order chi connectivity index (χ1) is 12.9. The lowest BCUT2D eigenvalue weighted by Gasteiger charge is -2.39.